The minimum Gasteiger partial charge on any atom is -0.504 e. The van der Waals surface area contributed by atoms with Gasteiger partial charge in [0.15, 0.2) is 46.0 Å². The molecule has 8 nitrogen and oxygen atoms in total. The number of hydrogen-bond acceptors (Lipinski definition) is 8. The minimum absolute atomic E-state index is 0.175. The molecule has 2 unspecified atom stereocenters. The first-order chi connectivity index (χ1) is 20.9. The Kier molecular flexibility index (Phi) is 8.18. The van der Waals surface area contributed by atoms with Crippen LogP contribution in [-0.2, 0) is 0 Å². The Morgan fingerprint density at radius 1 is 0.295 bits per heavy atom. The standard InChI is InChI=1S/C36H34O8/c1-19(35(23-7-11-27(37)31(41)15-23)24-8-12-28(38)32(42)16-24)21-3-5-22(6-4-21)20(2)36(25-9-13-29(39)33(43)17-25)26-10-14-30(40)34(44)18-26/h3-20,35-44H,1-2H3. The van der Waals surface area contributed by atoms with Crippen LogP contribution in [0.15, 0.2) is 97.1 Å². The van der Waals surface area contributed by atoms with Gasteiger partial charge in [-0.05, 0) is 93.7 Å². The predicted molar refractivity (Wildman–Crippen MR) is 166 cm³/mol. The average Bonchev–Trinajstić information content (AvgIpc) is 3.00. The van der Waals surface area contributed by atoms with Gasteiger partial charge in [0.1, 0.15) is 0 Å². The van der Waals surface area contributed by atoms with Crippen molar-refractivity contribution in [2.24, 2.45) is 0 Å². The molecular formula is C36H34O8. The van der Waals surface area contributed by atoms with Crippen LogP contribution >= 0.6 is 0 Å². The van der Waals surface area contributed by atoms with Crippen molar-refractivity contribution in [3.8, 4) is 46.0 Å². The molecule has 0 fully saturated rings. The van der Waals surface area contributed by atoms with Crippen LogP contribution in [0.4, 0.5) is 0 Å². The van der Waals surface area contributed by atoms with E-state index in [4.69, 9.17) is 0 Å². The second-order valence-electron chi connectivity index (χ2n) is 11.2. The zero-order valence-corrected chi connectivity index (χ0v) is 24.1. The quantitative estimate of drug-likeness (QED) is 0.0875. The number of aromatic hydroxyl groups is 8. The molecule has 0 aliphatic rings. The van der Waals surface area contributed by atoms with Crippen LogP contribution in [0.2, 0.25) is 0 Å². The largest absolute Gasteiger partial charge is 0.504 e. The number of benzene rings is 5. The highest BCUT2D eigenvalue weighted by Crippen LogP contribution is 2.45. The molecule has 5 aromatic rings. The maximum atomic E-state index is 10.3. The Morgan fingerprint density at radius 2 is 0.500 bits per heavy atom. The molecule has 0 bridgehead atoms. The van der Waals surface area contributed by atoms with Crippen LogP contribution in [0.25, 0.3) is 0 Å². The normalized spacial score (nSPS) is 12.8. The molecule has 8 N–H and O–H groups in total. The van der Waals surface area contributed by atoms with Crippen LogP contribution < -0.4 is 0 Å². The summed E-state index contributed by atoms with van der Waals surface area (Å²) >= 11 is 0. The van der Waals surface area contributed by atoms with Gasteiger partial charge in [-0.2, -0.15) is 0 Å². The van der Waals surface area contributed by atoms with Crippen LogP contribution in [0.3, 0.4) is 0 Å². The summed E-state index contributed by atoms with van der Waals surface area (Å²) in [7, 11) is 0. The van der Waals surface area contributed by atoms with Crippen LogP contribution in [0.5, 0.6) is 46.0 Å². The van der Waals surface area contributed by atoms with E-state index in [1.54, 1.807) is 24.3 Å². The maximum absolute atomic E-state index is 10.3. The lowest BCUT2D eigenvalue weighted by molar-refractivity contribution is 0.401. The molecule has 5 aromatic carbocycles. The molecule has 0 spiro atoms. The second-order valence-corrected chi connectivity index (χ2v) is 11.2. The molecule has 0 saturated heterocycles. The first-order valence-corrected chi connectivity index (χ1v) is 14.1. The first-order valence-electron chi connectivity index (χ1n) is 14.1. The molecule has 0 saturated carbocycles. The monoisotopic (exact) mass is 594 g/mol. The summed E-state index contributed by atoms with van der Waals surface area (Å²) < 4.78 is 0. The fraction of sp³-hybridized carbons (Fsp3) is 0.167. The van der Waals surface area contributed by atoms with Crippen molar-refractivity contribution in [2.45, 2.75) is 37.5 Å². The van der Waals surface area contributed by atoms with Gasteiger partial charge in [0.25, 0.3) is 0 Å². The molecule has 0 aromatic heterocycles. The Bertz CT molecular complexity index is 1560. The zero-order valence-electron chi connectivity index (χ0n) is 24.1. The average molecular weight is 595 g/mol. The fourth-order valence-corrected chi connectivity index (χ4v) is 5.96. The molecule has 44 heavy (non-hydrogen) atoms. The minimum atomic E-state index is -0.357. The number of hydrogen-bond donors (Lipinski definition) is 8. The van der Waals surface area contributed by atoms with E-state index in [1.165, 1.54) is 48.5 Å². The summed E-state index contributed by atoms with van der Waals surface area (Å²) in [5, 5.41) is 80.6. The van der Waals surface area contributed by atoms with E-state index < -0.39 is 0 Å². The molecule has 5 rings (SSSR count). The van der Waals surface area contributed by atoms with Gasteiger partial charge in [-0.25, -0.2) is 0 Å². The van der Waals surface area contributed by atoms with E-state index in [-0.39, 0.29) is 69.7 Å². The highest BCUT2D eigenvalue weighted by molar-refractivity contribution is 5.51. The van der Waals surface area contributed by atoms with Crippen LogP contribution in [-0.4, -0.2) is 40.9 Å². The molecule has 0 radical (unpaired) electrons. The van der Waals surface area contributed by atoms with Crippen molar-refractivity contribution in [1.82, 2.24) is 0 Å². The summed E-state index contributed by atoms with van der Waals surface area (Å²) in [5.74, 6) is -3.11. The fourth-order valence-electron chi connectivity index (χ4n) is 5.96. The van der Waals surface area contributed by atoms with E-state index in [0.717, 1.165) is 11.1 Å². The highest BCUT2D eigenvalue weighted by Gasteiger charge is 2.27. The summed E-state index contributed by atoms with van der Waals surface area (Å²) in [6.45, 7) is 4.02. The lowest BCUT2D eigenvalue weighted by Gasteiger charge is -2.28. The molecule has 0 heterocycles. The van der Waals surface area contributed by atoms with Crippen molar-refractivity contribution >= 4 is 0 Å². The van der Waals surface area contributed by atoms with Crippen molar-refractivity contribution < 1.29 is 40.9 Å². The highest BCUT2D eigenvalue weighted by atomic mass is 16.3. The Balaban J connectivity index is 1.53. The van der Waals surface area contributed by atoms with Crippen LogP contribution in [0.1, 0.15) is 70.9 Å². The summed E-state index contributed by atoms with van der Waals surface area (Å²) in [6.07, 6.45) is 0. The van der Waals surface area contributed by atoms with Gasteiger partial charge in [-0.1, -0.05) is 62.4 Å². The third kappa shape index (κ3) is 5.87. The maximum Gasteiger partial charge on any atom is 0.157 e. The number of rotatable bonds is 8. The molecule has 8 heteroatoms. The first kappa shape index (κ1) is 30.0. The van der Waals surface area contributed by atoms with Crippen molar-refractivity contribution in [1.29, 1.82) is 0 Å². The van der Waals surface area contributed by atoms with E-state index in [1.807, 2.05) is 38.1 Å². The van der Waals surface area contributed by atoms with Gasteiger partial charge in [0, 0.05) is 11.8 Å². The molecule has 226 valence electrons. The zero-order chi connectivity index (χ0) is 31.7. The Labute approximate surface area is 254 Å². The molecule has 0 aliphatic heterocycles. The predicted octanol–water partition coefficient (Wildman–Crippen LogP) is 7.20. The van der Waals surface area contributed by atoms with Crippen LogP contribution in [0, 0.1) is 0 Å². The topological polar surface area (TPSA) is 162 Å². The third-order valence-corrected chi connectivity index (χ3v) is 8.42. The van der Waals surface area contributed by atoms with E-state index >= 15 is 0 Å². The molecular weight excluding hydrogens is 560 g/mol. The summed E-state index contributed by atoms with van der Waals surface area (Å²) in [5.41, 5.74) is 4.72. The summed E-state index contributed by atoms with van der Waals surface area (Å²) in [4.78, 5) is 0. The van der Waals surface area contributed by atoms with Crippen molar-refractivity contribution in [3.63, 3.8) is 0 Å². The van der Waals surface area contributed by atoms with E-state index in [2.05, 4.69) is 0 Å². The third-order valence-electron chi connectivity index (χ3n) is 8.42. The van der Waals surface area contributed by atoms with E-state index in [0.29, 0.717) is 22.3 Å². The van der Waals surface area contributed by atoms with Crippen molar-refractivity contribution in [2.75, 3.05) is 0 Å². The smallest absolute Gasteiger partial charge is 0.157 e. The summed E-state index contributed by atoms with van der Waals surface area (Å²) in [6, 6.07) is 26.4. The SMILES string of the molecule is CC(c1ccc(C(C)C(c2ccc(O)c(O)c2)c2ccc(O)c(O)c2)cc1)C(c1ccc(O)c(O)c1)c1ccc(O)c(O)c1. The second kappa shape index (κ2) is 12.0. The van der Waals surface area contributed by atoms with Crippen molar-refractivity contribution in [3.05, 3.63) is 130 Å². The molecule has 0 amide bonds. The van der Waals surface area contributed by atoms with E-state index in [9.17, 15) is 40.9 Å². The van der Waals surface area contributed by atoms with Gasteiger partial charge in [-0.3, -0.25) is 0 Å². The number of phenolic OH excluding ortho intramolecular Hbond substituents is 8. The number of phenols is 8. The lowest BCUT2D eigenvalue weighted by Crippen LogP contribution is -2.12. The van der Waals surface area contributed by atoms with Gasteiger partial charge in [-0.15, -0.1) is 0 Å². The van der Waals surface area contributed by atoms with Gasteiger partial charge < -0.3 is 40.9 Å². The van der Waals surface area contributed by atoms with Gasteiger partial charge >= 0.3 is 0 Å². The Morgan fingerprint density at radius 3 is 0.705 bits per heavy atom. The molecule has 0 aliphatic carbocycles. The molecule has 2 atom stereocenters. The lowest BCUT2D eigenvalue weighted by atomic mass is 9.76. The van der Waals surface area contributed by atoms with Gasteiger partial charge in [0.2, 0.25) is 0 Å². The van der Waals surface area contributed by atoms with Gasteiger partial charge in [0.05, 0.1) is 0 Å². The Hall–Kier alpha value is -5.50.